The molecular weight excluding hydrogens is 352 g/mol. The first-order valence-electron chi connectivity index (χ1n) is 7.65. The van der Waals surface area contributed by atoms with Crippen molar-refractivity contribution in [2.24, 2.45) is 5.10 Å². The Morgan fingerprint density at radius 2 is 2.16 bits per heavy atom. The molecule has 0 aliphatic carbocycles. The Kier molecular flexibility index (Phi) is 5.78. The molecular formula is C18H18N4OS2. The van der Waals surface area contributed by atoms with E-state index in [0.29, 0.717) is 4.91 Å². The molecule has 7 heteroatoms. The molecule has 2 heterocycles. The Balaban J connectivity index is 1.58. The van der Waals surface area contributed by atoms with Crippen LogP contribution in [0.25, 0.3) is 0 Å². The van der Waals surface area contributed by atoms with Crippen LogP contribution in [0.2, 0.25) is 0 Å². The molecule has 1 unspecified atom stereocenters. The number of benzene rings is 1. The Labute approximate surface area is 155 Å². The predicted octanol–water partition coefficient (Wildman–Crippen LogP) is 3.47. The maximum absolute atomic E-state index is 12.3. The third-order valence-electron chi connectivity index (χ3n) is 3.62. The van der Waals surface area contributed by atoms with E-state index in [1.54, 1.807) is 24.2 Å². The number of pyridine rings is 1. The number of rotatable bonds is 5. The van der Waals surface area contributed by atoms with E-state index in [9.17, 15) is 4.79 Å². The Morgan fingerprint density at radius 1 is 1.36 bits per heavy atom. The normalized spacial score (nSPS) is 17.0. The molecule has 0 saturated carbocycles. The number of hydrogen-bond acceptors (Lipinski definition) is 6. The maximum atomic E-state index is 12.3. The van der Waals surface area contributed by atoms with Crippen molar-refractivity contribution >= 4 is 35.6 Å². The molecule has 0 radical (unpaired) electrons. The van der Waals surface area contributed by atoms with Gasteiger partial charge < -0.3 is 4.90 Å². The fraction of sp³-hybridized carbons (Fsp3) is 0.167. The van der Waals surface area contributed by atoms with Crippen molar-refractivity contribution in [2.75, 3.05) is 13.3 Å². The summed E-state index contributed by atoms with van der Waals surface area (Å²) in [7, 11) is 1.95. The van der Waals surface area contributed by atoms with Gasteiger partial charge in [0, 0.05) is 36.1 Å². The van der Waals surface area contributed by atoms with Crippen molar-refractivity contribution in [1.29, 1.82) is 0 Å². The van der Waals surface area contributed by atoms with Gasteiger partial charge in [-0.2, -0.15) is 5.10 Å². The van der Waals surface area contributed by atoms with Crippen LogP contribution in [0.1, 0.15) is 16.5 Å². The molecule has 3 rings (SSSR count). The Morgan fingerprint density at radius 3 is 2.84 bits per heavy atom. The number of carbonyl (C=O) groups is 1. The van der Waals surface area contributed by atoms with Gasteiger partial charge in [0.2, 0.25) is 0 Å². The third-order valence-corrected chi connectivity index (χ3v) is 5.73. The number of nitrogens with zero attached hydrogens (tertiary/aromatic N) is 3. The van der Waals surface area contributed by atoms with Gasteiger partial charge in [-0.15, -0.1) is 11.8 Å². The molecule has 0 bridgehead atoms. The second-order valence-electron chi connectivity index (χ2n) is 5.39. The van der Waals surface area contributed by atoms with Crippen LogP contribution >= 0.6 is 23.5 Å². The van der Waals surface area contributed by atoms with Crippen molar-refractivity contribution in [1.82, 2.24) is 15.3 Å². The second kappa shape index (κ2) is 8.22. The lowest BCUT2D eigenvalue weighted by Gasteiger charge is -2.19. The molecule has 1 aliphatic heterocycles. The van der Waals surface area contributed by atoms with Crippen molar-refractivity contribution in [3.05, 3.63) is 71.0 Å². The van der Waals surface area contributed by atoms with Gasteiger partial charge in [-0.1, -0.05) is 30.0 Å². The topological polar surface area (TPSA) is 57.6 Å². The van der Waals surface area contributed by atoms with Gasteiger partial charge in [-0.25, -0.2) is 5.43 Å². The minimum atomic E-state index is -0.208. The van der Waals surface area contributed by atoms with Gasteiger partial charge in [0.15, 0.2) is 0 Å². The number of amides is 1. The number of nitrogens with one attached hydrogen (secondary N) is 1. The molecule has 1 aromatic carbocycles. The summed E-state index contributed by atoms with van der Waals surface area (Å²) in [5.74, 6) is -0.208. The maximum Gasteiger partial charge on any atom is 0.279 e. The summed E-state index contributed by atoms with van der Waals surface area (Å²) in [4.78, 5) is 20.3. The van der Waals surface area contributed by atoms with Crippen LogP contribution in [-0.2, 0) is 4.79 Å². The van der Waals surface area contributed by atoms with Crippen LogP contribution in [0.15, 0.2) is 69.9 Å². The SMILES string of the molecule is CSc1ccc(C=NNC(=O)C2=CN(C)C(c3cccnc3)S2)cc1. The van der Waals surface area contributed by atoms with Crippen LogP contribution in [0, 0.1) is 0 Å². The van der Waals surface area contributed by atoms with E-state index in [4.69, 9.17) is 0 Å². The first-order chi connectivity index (χ1) is 12.2. The molecule has 0 saturated heterocycles. The Hall–Kier alpha value is -2.25. The van der Waals surface area contributed by atoms with E-state index in [0.717, 1.165) is 11.1 Å². The summed E-state index contributed by atoms with van der Waals surface area (Å²) in [6.07, 6.45) is 9.07. The zero-order valence-corrected chi connectivity index (χ0v) is 15.6. The van der Waals surface area contributed by atoms with Gasteiger partial charge in [0.05, 0.1) is 11.1 Å². The van der Waals surface area contributed by atoms with Crippen LogP contribution in [0.5, 0.6) is 0 Å². The molecule has 1 aromatic heterocycles. The lowest BCUT2D eigenvalue weighted by atomic mass is 10.2. The number of hydrazone groups is 1. The van der Waals surface area contributed by atoms with Gasteiger partial charge in [0.1, 0.15) is 5.37 Å². The molecule has 2 aromatic rings. The highest BCUT2D eigenvalue weighted by molar-refractivity contribution is 8.04. The largest absolute Gasteiger partial charge is 0.363 e. The fourth-order valence-electron chi connectivity index (χ4n) is 2.33. The summed E-state index contributed by atoms with van der Waals surface area (Å²) >= 11 is 3.18. The first kappa shape index (κ1) is 17.6. The van der Waals surface area contributed by atoms with Crippen molar-refractivity contribution < 1.29 is 4.79 Å². The zero-order chi connectivity index (χ0) is 17.6. The molecule has 1 aliphatic rings. The minimum Gasteiger partial charge on any atom is -0.363 e. The summed E-state index contributed by atoms with van der Waals surface area (Å²) in [5, 5.41) is 4.10. The van der Waals surface area contributed by atoms with Crippen LogP contribution in [-0.4, -0.2) is 35.3 Å². The van der Waals surface area contributed by atoms with E-state index in [-0.39, 0.29) is 11.3 Å². The van der Waals surface area contributed by atoms with Crippen molar-refractivity contribution in [3.8, 4) is 0 Å². The van der Waals surface area contributed by atoms with Crippen LogP contribution in [0.4, 0.5) is 0 Å². The lowest BCUT2D eigenvalue weighted by Crippen LogP contribution is -2.17. The monoisotopic (exact) mass is 370 g/mol. The zero-order valence-electron chi connectivity index (χ0n) is 13.9. The number of hydrogen-bond donors (Lipinski definition) is 1. The lowest BCUT2D eigenvalue weighted by molar-refractivity contribution is -0.116. The standard InChI is InChI=1S/C18H18N4OS2/c1-22-12-16(25-18(22)14-4-3-9-19-11-14)17(23)21-20-10-13-5-7-15(24-2)8-6-13/h3-12,18H,1-2H3,(H,21,23). The van der Waals surface area contributed by atoms with E-state index < -0.39 is 0 Å². The smallest absolute Gasteiger partial charge is 0.279 e. The summed E-state index contributed by atoms with van der Waals surface area (Å²) in [5.41, 5.74) is 4.59. The predicted molar refractivity (Wildman–Crippen MR) is 104 cm³/mol. The minimum absolute atomic E-state index is 0.0533. The first-order valence-corrected chi connectivity index (χ1v) is 9.75. The molecule has 25 heavy (non-hydrogen) atoms. The van der Waals surface area contributed by atoms with E-state index in [2.05, 4.69) is 15.5 Å². The molecule has 0 fully saturated rings. The van der Waals surface area contributed by atoms with Gasteiger partial charge in [-0.05, 0) is 30.0 Å². The van der Waals surface area contributed by atoms with Gasteiger partial charge in [0.25, 0.3) is 5.91 Å². The van der Waals surface area contributed by atoms with Crippen molar-refractivity contribution in [2.45, 2.75) is 10.3 Å². The Bertz CT molecular complexity index is 790. The van der Waals surface area contributed by atoms with E-state index in [1.807, 2.05) is 67.0 Å². The van der Waals surface area contributed by atoms with Crippen LogP contribution < -0.4 is 5.43 Å². The highest BCUT2D eigenvalue weighted by Gasteiger charge is 2.28. The summed E-state index contributed by atoms with van der Waals surface area (Å²) in [6.45, 7) is 0. The number of aromatic nitrogens is 1. The van der Waals surface area contributed by atoms with Crippen molar-refractivity contribution in [3.63, 3.8) is 0 Å². The van der Waals surface area contributed by atoms with Crippen LogP contribution in [0.3, 0.4) is 0 Å². The summed E-state index contributed by atoms with van der Waals surface area (Å²) < 4.78 is 0. The fourth-order valence-corrected chi connectivity index (χ4v) is 3.87. The highest BCUT2D eigenvalue weighted by atomic mass is 32.2. The third kappa shape index (κ3) is 4.43. The van der Waals surface area contributed by atoms with Gasteiger partial charge >= 0.3 is 0 Å². The molecule has 0 spiro atoms. The molecule has 1 atom stereocenters. The second-order valence-corrected chi connectivity index (χ2v) is 7.39. The molecule has 5 nitrogen and oxygen atoms in total. The number of carbonyl (C=O) groups excluding carboxylic acids is 1. The average molecular weight is 371 g/mol. The van der Waals surface area contributed by atoms with E-state index in [1.165, 1.54) is 16.7 Å². The summed E-state index contributed by atoms with van der Waals surface area (Å²) in [6, 6.07) is 11.9. The molecule has 128 valence electrons. The quantitative estimate of drug-likeness (QED) is 0.496. The number of thioether (sulfide) groups is 2. The van der Waals surface area contributed by atoms with Gasteiger partial charge in [-0.3, -0.25) is 9.78 Å². The molecule has 1 N–H and O–H groups in total. The molecule has 1 amide bonds. The highest BCUT2D eigenvalue weighted by Crippen LogP contribution is 2.42. The van der Waals surface area contributed by atoms with E-state index >= 15 is 0 Å². The average Bonchev–Trinajstić information content (AvgIpc) is 3.05.